The Morgan fingerprint density at radius 2 is 1.59 bits per heavy atom. The molecule has 6 heteroatoms. The number of nitrogens with zero attached hydrogens (tertiary/aromatic N) is 1. The van der Waals surface area contributed by atoms with Gasteiger partial charge < -0.3 is 4.74 Å². The molecule has 0 amide bonds. The van der Waals surface area contributed by atoms with E-state index in [9.17, 15) is 13.2 Å². The monoisotopic (exact) mass is 383 g/mol. The number of fused-ring (bicyclic) bond motifs is 1. The molecule has 140 valence electrons. The Morgan fingerprint density at radius 1 is 0.889 bits per heavy atom. The zero-order valence-electron chi connectivity index (χ0n) is 15.3. The van der Waals surface area contributed by atoms with Gasteiger partial charge in [0.25, 0.3) is 0 Å². The van der Waals surface area contributed by atoms with Gasteiger partial charge in [0.15, 0.2) is 0 Å². The summed E-state index contributed by atoms with van der Waals surface area (Å²) in [5.41, 5.74) is 0.191. The van der Waals surface area contributed by atoms with Gasteiger partial charge in [-0.1, -0.05) is 50.2 Å². The van der Waals surface area contributed by atoms with Crippen molar-refractivity contribution >= 4 is 26.8 Å². The Morgan fingerprint density at radius 3 is 2.30 bits per heavy atom. The van der Waals surface area contributed by atoms with Gasteiger partial charge in [0.1, 0.15) is 5.75 Å². The number of esters is 1. The first-order valence-corrected chi connectivity index (χ1v) is 10.2. The van der Waals surface area contributed by atoms with E-state index in [0.717, 1.165) is 10.8 Å². The van der Waals surface area contributed by atoms with Crippen LogP contribution in [-0.2, 0) is 10.0 Å². The molecular formula is C21H21NO4S. The van der Waals surface area contributed by atoms with Crippen LogP contribution in [0.3, 0.4) is 0 Å². The van der Waals surface area contributed by atoms with Crippen LogP contribution in [0.15, 0.2) is 71.6 Å². The van der Waals surface area contributed by atoms with Gasteiger partial charge in [-0.15, -0.1) is 0 Å². The molecule has 27 heavy (non-hydrogen) atoms. The second-order valence-electron chi connectivity index (χ2n) is 6.02. The summed E-state index contributed by atoms with van der Waals surface area (Å²) in [6, 6.07) is 19.1. The summed E-state index contributed by atoms with van der Waals surface area (Å²) in [7, 11) is -3.63. The van der Waals surface area contributed by atoms with E-state index in [0.29, 0.717) is 18.8 Å². The summed E-state index contributed by atoms with van der Waals surface area (Å²) < 4.78 is 32.1. The molecule has 0 N–H and O–H groups in total. The summed E-state index contributed by atoms with van der Waals surface area (Å²) in [5.74, 6) is -0.183. The molecule has 0 bridgehead atoms. The largest absolute Gasteiger partial charge is 0.423 e. The minimum atomic E-state index is -3.63. The molecule has 0 saturated heterocycles. The summed E-state index contributed by atoms with van der Waals surface area (Å²) in [4.78, 5) is 12.6. The predicted octanol–water partition coefficient (Wildman–Crippen LogP) is 4.09. The van der Waals surface area contributed by atoms with Crippen LogP contribution >= 0.6 is 0 Å². The van der Waals surface area contributed by atoms with Gasteiger partial charge >= 0.3 is 5.97 Å². The lowest BCUT2D eigenvalue weighted by Crippen LogP contribution is -2.30. The molecule has 0 heterocycles. The van der Waals surface area contributed by atoms with E-state index in [1.54, 1.807) is 38.1 Å². The van der Waals surface area contributed by atoms with Crippen LogP contribution in [-0.4, -0.2) is 31.8 Å². The topological polar surface area (TPSA) is 63.7 Å². The molecule has 0 radical (unpaired) electrons. The average molecular weight is 383 g/mol. The number of hydrogen-bond acceptors (Lipinski definition) is 4. The van der Waals surface area contributed by atoms with Gasteiger partial charge in [-0.05, 0) is 41.1 Å². The standard InChI is InChI=1S/C21H21NO4S/c1-3-22(4-2)27(24,25)20-11-7-10-18(15-20)21(23)26-19-13-12-16-8-5-6-9-17(16)14-19/h5-15H,3-4H2,1-2H3. The van der Waals surface area contributed by atoms with Gasteiger partial charge in [-0.3, -0.25) is 0 Å². The Labute approximate surface area is 159 Å². The lowest BCUT2D eigenvalue weighted by molar-refractivity contribution is 0.0734. The summed E-state index contributed by atoms with van der Waals surface area (Å²) in [6.45, 7) is 4.28. The number of sulfonamides is 1. The molecule has 0 atom stereocenters. The SMILES string of the molecule is CCN(CC)S(=O)(=O)c1cccc(C(=O)Oc2ccc3ccccc3c2)c1. The molecule has 0 aromatic heterocycles. The predicted molar refractivity (Wildman–Crippen MR) is 105 cm³/mol. The van der Waals surface area contributed by atoms with Gasteiger partial charge in [-0.25, -0.2) is 13.2 Å². The van der Waals surface area contributed by atoms with Crippen molar-refractivity contribution in [3.8, 4) is 5.75 Å². The third kappa shape index (κ3) is 4.02. The Hall–Kier alpha value is -2.70. The molecule has 0 unspecified atom stereocenters. The second kappa shape index (κ2) is 7.90. The summed E-state index contributed by atoms with van der Waals surface area (Å²) in [5, 5.41) is 2.00. The third-order valence-electron chi connectivity index (χ3n) is 4.34. The highest BCUT2D eigenvalue weighted by molar-refractivity contribution is 7.89. The highest BCUT2D eigenvalue weighted by Gasteiger charge is 2.23. The van der Waals surface area contributed by atoms with Crippen molar-refractivity contribution in [3.63, 3.8) is 0 Å². The van der Waals surface area contributed by atoms with Gasteiger partial charge in [0.05, 0.1) is 10.5 Å². The molecule has 5 nitrogen and oxygen atoms in total. The van der Waals surface area contributed by atoms with E-state index in [1.165, 1.54) is 16.4 Å². The number of hydrogen-bond donors (Lipinski definition) is 0. The van der Waals surface area contributed by atoms with E-state index in [-0.39, 0.29) is 10.5 Å². The molecule has 3 aromatic rings. The first kappa shape index (κ1) is 19.1. The minimum absolute atomic E-state index is 0.0826. The maximum absolute atomic E-state index is 12.6. The Balaban J connectivity index is 1.86. The smallest absolute Gasteiger partial charge is 0.343 e. The lowest BCUT2D eigenvalue weighted by Gasteiger charge is -2.18. The summed E-state index contributed by atoms with van der Waals surface area (Å²) >= 11 is 0. The minimum Gasteiger partial charge on any atom is -0.423 e. The van der Waals surface area contributed by atoms with E-state index < -0.39 is 16.0 Å². The van der Waals surface area contributed by atoms with Crippen LogP contribution < -0.4 is 4.74 Å². The van der Waals surface area contributed by atoms with Crippen molar-refractivity contribution in [1.29, 1.82) is 0 Å². The molecule has 0 aliphatic rings. The van der Waals surface area contributed by atoms with Crippen LogP contribution in [0.5, 0.6) is 5.75 Å². The molecule has 0 aliphatic heterocycles. The van der Waals surface area contributed by atoms with Crippen LogP contribution in [0.25, 0.3) is 10.8 Å². The average Bonchev–Trinajstić information content (AvgIpc) is 2.68. The van der Waals surface area contributed by atoms with E-state index in [2.05, 4.69) is 0 Å². The maximum Gasteiger partial charge on any atom is 0.343 e. The van der Waals surface area contributed by atoms with E-state index in [1.807, 2.05) is 30.3 Å². The highest BCUT2D eigenvalue weighted by Crippen LogP contribution is 2.22. The Bertz CT molecular complexity index is 1070. The molecular weight excluding hydrogens is 362 g/mol. The van der Waals surface area contributed by atoms with Crippen molar-refractivity contribution < 1.29 is 17.9 Å². The second-order valence-corrected chi connectivity index (χ2v) is 7.95. The lowest BCUT2D eigenvalue weighted by atomic mass is 10.1. The first-order chi connectivity index (χ1) is 13.0. The third-order valence-corrected chi connectivity index (χ3v) is 6.39. The zero-order chi connectivity index (χ0) is 19.4. The van der Waals surface area contributed by atoms with Crippen molar-refractivity contribution in [2.75, 3.05) is 13.1 Å². The summed E-state index contributed by atoms with van der Waals surface area (Å²) in [6.07, 6.45) is 0. The molecule has 0 fully saturated rings. The van der Waals surface area contributed by atoms with Crippen molar-refractivity contribution in [2.45, 2.75) is 18.7 Å². The number of carbonyl (C=O) groups excluding carboxylic acids is 1. The number of benzene rings is 3. The van der Waals surface area contributed by atoms with Gasteiger partial charge in [0, 0.05) is 13.1 Å². The van der Waals surface area contributed by atoms with Crippen LogP contribution in [0.2, 0.25) is 0 Å². The van der Waals surface area contributed by atoms with Crippen LogP contribution in [0.1, 0.15) is 24.2 Å². The molecule has 3 aromatic carbocycles. The number of carbonyl (C=O) groups is 1. The quantitative estimate of drug-likeness (QED) is 0.475. The fourth-order valence-corrected chi connectivity index (χ4v) is 4.40. The Kier molecular flexibility index (Phi) is 5.58. The van der Waals surface area contributed by atoms with Crippen molar-refractivity contribution in [3.05, 3.63) is 72.3 Å². The zero-order valence-corrected chi connectivity index (χ0v) is 16.1. The normalized spacial score (nSPS) is 11.7. The van der Waals surface area contributed by atoms with E-state index >= 15 is 0 Å². The fraction of sp³-hybridized carbons (Fsp3) is 0.190. The van der Waals surface area contributed by atoms with Crippen molar-refractivity contribution in [1.82, 2.24) is 4.31 Å². The number of ether oxygens (including phenoxy) is 1. The molecule has 0 spiro atoms. The molecule has 3 rings (SSSR count). The van der Waals surface area contributed by atoms with Gasteiger partial charge in [-0.2, -0.15) is 4.31 Å². The van der Waals surface area contributed by atoms with Crippen molar-refractivity contribution in [2.24, 2.45) is 0 Å². The van der Waals surface area contributed by atoms with Gasteiger partial charge in [0.2, 0.25) is 10.0 Å². The van der Waals surface area contributed by atoms with E-state index in [4.69, 9.17) is 4.74 Å². The fourth-order valence-electron chi connectivity index (χ4n) is 2.89. The maximum atomic E-state index is 12.6. The number of rotatable bonds is 6. The van der Waals surface area contributed by atoms with Crippen LogP contribution in [0.4, 0.5) is 0 Å². The first-order valence-electron chi connectivity index (χ1n) is 8.77. The highest BCUT2D eigenvalue weighted by atomic mass is 32.2. The van der Waals surface area contributed by atoms with Crippen LogP contribution in [0, 0.1) is 0 Å². The molecule has 0 aliphatic carbocycles. The molecule has 0 saturated carbocycles.